The van der Waals surface area contributed by atoms with Crippen LogP contribution in [0.25, 0.3) is 0 Å². The predicted molar refractivity (Wildman–Crippen MR) is 84.6 cm³/mol. The number of nitrogens with one attached hydrogen (secondary N) is 1. The van der Waals surface area contributed by atoms with Crippen molar-refractivity contribution in [3.05, 3.63) is 0 Å². The molecule has 0 aromatic carbocycles. The summed E-state index contributed by atoms with van der Waals surface area (Å²) in [5.74, 6) is -1.51. The summed E-state index contributed by atoms with van der Waals surface area (Å²) in [5, 5.41) is 40.7. The Morgan fingerprint density at radius 3 is 2.64 bits per heavy atom. The van der Waals surface area contributed by atoms with E-state index in [9.17, 15) is 20.1 Å². The van der Waals surface area contributed by atoms with Crippen LogP contribution >= 0.6 is 21.9 Å². The number of carbonyl (C=O) groups is 1. The van der Waals surface area contributed by atoms with E-state index >= 15 is 0 Å². The first kappa shape index (κ1) is 20.1. The molecule has 1 aliphatic heterocycles. The smallest absolute Gasteiger partial charge is 0.276 e. The molecule has 8 nitrogen and oxygen atoms in total. The molecule has 0 aliphatic carbocycles. The van der Waals surface area contributed by atoms with Crippen LogP contribution in [0.1, 0.15) is 20.3 Å². The van der Waals surface area contributed by atoms with Gasteiger partial charge in [0.15, 0.2) is 5.79 Å². The number of ether oxygens (including phenoxy) is 2. The molecule has 0 spiro atoms. The Morgan fingerprint density at radius 1 is 1.59 bits per heavy atom. The summed E-state index contributed by atoms with van der Waals surface area (Å²) in [5.41, 5.74) is 0. The number of hydrogen-bond donors (Lipinski definition) is 6. The van der Waals surface area contributed by atoms with Gasteiger partial charge in [-0.05, 0) is 13.8 Å². The van der Waals surface area contributed by atoms with Crippen molar-refractivity contribution in [2.75, 3.05) is 6.61 Å². The zero-order valence-electron chi connectivity index (χ0n) is 12.4. The molecule has 0 saturated carbocycles. The van der Waals surface area contributed by atoms with Crippen LogP contribution in [0.2, 0.25) is 0 Å². The molecule has 0 bridgehead atoms. The van der Waals surface area contributed by atoms with E-state index in [1.165, 1.54) is 0 Å². The minimum absolute atomic E-state index is 0.0445. The maximum Gasteiger partial charge on any atom is 0.276 e. The van der Waals surface area contributed by atoms with Gasteiger partial charge < -0.3 is 35.2 Å². The van der Waals surface area contributed by atoms with Crippen molar-refractivity contribution in [2.45, 2.75) is 62.4 Å². The molecule has 10 heteroatoms. The first-order valence-electron chi connectivity index (χ1n) is 6.85. The topological polar surface area (TPSA) is 128 Å². The highest BCUT2D eigenvalue weighted by molar-refractivity contribution is 7.96. The van der Waals surface area contributed by atoms with E-state index in [-0.39, 0.29) is 12.3 Å². The Labute approximate surface area is 136 Å². The molecule has 5 N–H and O–H groups in total. The Kier molecular flexibility index (Phi) is 7.48. The van der Waals surface area contributed by atoms with E-state index in [0.717, 1.165) is 0 Å². The maximum atomic E-state index is 11.2. The third-order valence-corrected chi connectivity index (χ3v) is 3.64. The van der Waals surface area contributed by atoms with Gasteiger partial charge in [0, 0.05) is 6.42 Å². The fraction of sp³-hybridized carbons (Fsp3) is 0.917. The number of amides is 1. The molecule has 1 amide bonds. The predicted octanol–water partition coefficient (Wildman–Crippen LogP) is -1.19. The summed E-state index contributed by atoms with van der Waals surface area (Å²) < 4.78 is 11.3. The Morgan fingerprint density at radius 2 is 2.18 bits per heavy atom. The largest absolute Gasteiger partial charge is 0.394 e. The fourth-order valence-corrected chi connectivity index (χ4v) is 2.97. The van der Waals surface area contributed by atoms with Gasteiger partial charge in [0.1, 0.15) is 18.3 Å². The summed E-state index contributed by atoms with van der Waals surface area (Å²) in [7, 11) is 2.42. The zero-order chi connectivity index (χ0) is 17.1. The highest BCUT2D eigenvalue weighted by atomic mass is 32.1. The number of aliphatic hydroxyl groups excluding tert-OH is 4. The fourth-order valence-electron chi connectivity index (χ4n) is 2.53. The normalized spacial score (nSPS) is 36.5. The van der Waals surface area contributed by atoms with Gasteiger partial charge in [0.05, 0.1) is 24.6 Å². The molecule has 8 atom stereocenters. The molecule has 1 rings (SSSR count). The van der Waals surface area contributed by atoms with Crippen molar-refractivity contribution in [3.8, 4) is 0 Å². The van der Waals surface area contributed by atoms with Crippen LogP contribution in [0.4, 0.5) is 4.79 Å². The van der Waals surface area contributed by atoms with E-state index in [2.05, 4.69) is 27.2 Å². The van der Waals surface area contributed by atoms with Crippen LogP contribution in [-0.4, -0.2) is 74.4 Å². The minimum atomic E-state index is -1.53. The molecule has 0 aromatic rings. The molecule has 0 radical (unpaired) electrons. The molecule has 8 unspecified atom stereocenters. The summed E-state index contributed by atoms with van der Waals surface area (Å²) >= 11 is 3.59. The number of hydrogen-bond acceptors (Lipinski definition) is 7. The highest BCUT2D eigenvalue weighted by Gasteiger charge is 2.49. The van der Waals surface area contributed by atoms with E-state index in [1.807, 2.05) is 0 Å². The number of aliphatic hydroxyl groups is 4. The second-order valence-corrected chi connectivity index (χ2v) is 6.87. The van der Waals surface area contributed by atoms with Crippen LogP contribution in [-0.2, 0) is 9.47 Å². The first-order chi connectivity index (χ1) is 10.1. The van der Waals surface area contributed by atoms with Crippen LogP contribution in [0.5, 0.6) is 0 Å². The van der Waals surface area contributed by atoms with Crippen LogP contribution < -0.4 is 5.32 Å². The lowest BCUT2D eigenvalue weighted by Gasteiger charge is -2.47. The summed E-state index contributed by atoms with van der Waals surface area (Å²) in [6, 6.07) is -1.00. The van der Waals surface area contributed by atoms with Crippen molar-refractivity contribution in [3.63, 3.8) is 0 Å². The van der Waals surface area contributed by atoms with Gasteiger partial charge in [0.2, 0.25) is 0 Å². The standard InChI is InChI=1S/C12H24NO7PS/c1-5(21)19-12(2)3-6(15)8(13-11(18)22)10(20-12)9(17)7(16)4-14/h5-10,14-17H,3-4,21H2,1-2H3,(H2,13,18,22). The van der Waals surface area contributed by atoms with Crippen LogP contribution in [0.15, 0.2) is 0 Å². The minimum Gasteiger partial charge on any atom is -0.394 e. The van der Waals surface area contributed by atoms with Crippen molar-refractivity contribution < 1.29 is 34.7 Å². The highest BCUT2D eigenvalue weighted by Crippen LogP contribution is 2.34. The lowest BCUT2D eigenvalue weighted by Crippen LogP contribution is -2.65. The van der Waals surface area contributed by atoms with E-state index in [1.54, 1.807) is 13.8 Å². The third-order valence-electron chi connectivity index (χ3n) is 3.38. The van der Waals surface area contributed by atoms with Gasteiger partial charge in [-0.15, -0.1) is 9.24 Å². The molecule has 0 aromatic heterocycles. The van der Waals surface area contributed by atoms with Crippen LogP contribution in [0, 0.1) is 0 Å². The molecule has 1 fully saturated rings. The Bertz CT molecular complexity index is 388. The van der Waals surface area contributed by atoms with E-state index < -0.39 is 48.1 Å². The SMILES string of the molecule is CC(P)OC1(C)CC(O)C(NC(=O)S)C(C(O)C(O)CO)O1. The van der Waals surface area contributed by atoms with E-state index in [0.29, 0.717) is 0 Å². The third kappa shape index (κ3) is 5.28. The molecular formula is C12H24NO7PS. The number of rotatable bonds is 6. The molecule has 1 saturated heterocycles. The average molecular weight is 357 g/mol. The average Bonchev–Trinajstić information content (AvgIpc) is 2.38. The van der Waals surface area contributed by atoms with Gasteiger partial charge in [-0.3, -0.25) is 4.79 Å². The Balaban J connectivity index is 3.01. The van der Waals surface area contributed by atoms with E-state index in [4.69, 9.17) is 14.6 Å². The number of carbonyl (C=O) groups excluding carboxylic acids is 1. The molecule has 1 heterocycles. The van der Waals surface area contributed by atoms with Crippen molar-refractivity contribution in [2.24, 2.45) is 0 Å². The van der Waals surface area contributed by atoms with Crippen molar-refractivity contribution >= 4 is 27.1 Å². The van der Waals surface area contributed by atoms with Gasteiger partial charge in [-0.25, -0.2) is 0 Å². The number of thiol groups is 1. The second kappa shape index (κ2) is 8.21. The summed E-state index contributed by atoms with van der Waals surface area (Å²) in [6.45, 7) is 2.64. The molecular weight excluding hydrogens is 333 g/mol. The van der Waals surface area contributed by atoms with Crippen molar-refractivity contribution in [1.29, 1.82) is 0 Å². The van der Waals surface area contributed by atoms with Gasteiger partial charge >= 0.3 is 0 Å². The van der Waals surface area contributed by atoms with Gasteiger partial charge in [0.25, 0.3) is 5.24 Å². The molecule has 130 valence electrons. The quantitative estimate of drug-likeness (QED) is 0.261. The zero-order valence-corrected chi connectivity index (χ0v) is 14.5. The molecule has 22 heavy (non-hydrogen) atoms. The molecule has 1 aliphatic rings. The summed E-state index contributed by atoms with van der Waals surface area (Å²) in [6.07, 6.45) is -5.26. The van der Waals surface area contributed by atoms with Crippen molar-refractivity contribution in [1.82, 2.24) is 5.32 Å². The van der Waals surface area contributed by atoms with Crippen LogP contribution in [0.3, 0.4) is 0 Å². The lowest BCUT2D eigenvalue weighted by molar-refractivity contribution is -0.313. The Hall–Kier alpha value is 0.01000. The van der Waals surface area contributed by atoms with Gasteiger partial charge in [-0.1, -0.05) is 12.6 Å². The monoisotopic (exact) mass is 357 g/mol. The second-order valence-electron chi connectivity index (χ2n) is 5.53. The maximum absolute atomic E-state index is 11.2. The summed E-state index contributed by atoms with van der Waals surface area (Å²) in [4.78, 5) is 11.2. The lowest BCUT2D eigenvalue weighted by atomic mass is 9.89. The van der Waals surface area contributed by atoms with Gasteiger partial charge in [-0.2, -0.15) is 0 Å². The first-order valence-corrected chi connectivity index (χ1v) is 7.96.